The predicted molar refractivity (Wildman–Crippen MR) is 64.8 cm³/mol. The van der Waals surface area contributed by atoms with E-state index in [-0.39, 0.29) is 0 Å². The van der Waals surface area contributed by atoms with E-state index in [1.807, 2.05) is 13.0 Å². The molecule has 0 radical (unpaired) electrons. The third-order valence-corrected chi connectivity index (χ3v) is 2.93. The van der Waals surface area contributed by atoms with Crippen molar-refractivity contribution in [3.63, 3.8) is 0 Å². The lowest BCUT2D eigenvalue weighted by molar-refractivity contribution is 0.384. The molecule has 0 saturated heterocycles. The van der Waals surface area contributed by atoms with E-state index in [0.29, 0.717) is 11.8 Å². The second kappa shape index (κ2) is 4.91. The van der Waals surface area contributed by atoms with Crippen LogP contribution in [-0.2, 0) is 0 Å². The summed E-state index contributed by atoms with van der Waals surface area (Å²) in [5.41, 5.74) is 2.50. The molecule has 0 aliphatic rings. The van der Waals surface area contributed by atoms with Gasteiger partial charge >= 0.3 is 0 Å². The molecule has 2 aromatic rings. The van der Waals surface area contributed by atoms with E-state index in [4.69, 9.17) is 4.74 Å². The van der Waals surface area contributed by atoms with Crippen molar-refractivity contribution >= 4 is 0 Å². The maximum absolute atomic E-state index is 13.5. The Kier molecular flexibility index (Phi) is 3.46. The lowest BCUT2D eigenvalue weighted by Crippen LogP contribution is -2.00. The SMILES string of the molecule is Cc1ccc(C)c(Oc2nc(F)c(F)cc2F)c1C. The van der Waals surface area contributed by atoms with E-state index in [9.17, 15) is 13.2 Å². The maximum Gasteiger partial charge on any atom is 0.258 e. The summed E-state index contributed by atoms with van der Waals surface area (Å²) in [5.74, 6) is -3.95. The molecule has 0 amide bonds. The van der Waals surface area contributed by atoms with Crippen molar-refractivity contribution in [3.05, 3.63) is 52.5 Å². The summed E-state index contributed by atoms with van der Waals surface area (Å²) in [6.45, 7) is 5.45. The highest BCUT2D eigenvalue weighted by Gasteiger charge is 2.16. The molecule has 1 aromatic carbocycles. The molecule has 0 bridgehead atoms. The van der Waals surface area contributed by atoms with Gasteiger partial charge in [-0.2, -0.15) is 9.37 Å². The van der Waals surface area contributed by atoms with Gasteiger partial charge < -0.3 is 4.74 Å². The Labute approximate surface area is 108 Å². The summed E-state index contributed by atoms with van der Waals surface area (Å²) < 4.78 is 44.6. The molecule has 0 unspecified atom stereocenters. The number of aryl methyl sites for hydroxylation is 2. The van der Waals surface area contributed by atoms with Crippen molar-refractivity contribution in [2.24, 2.45) is 0 Å². The number of rotatable bonds is 2. The van der Waals surface area contributed by atoms with Gasteiger partial charge in [-0.3, -0.25) is 0 Å². The first-order chi connectivity index (χ1) is 8.90. The van der Waals surface area contributed by atoms with Gasteiger partial charge in [-0.15, -0.1) is 0 Å². The van der Waals surface area contributed by atoms with E-state index in [2.05, 4.69) is 4.98 Å². The molecule has 2 nitrogen and oxygen atoms in total. The van der Waals surface area contributed by atoms with Gasteiger partial charge in [-0.25, -0.2) is 8.78 Å². The van der Waals surface area contributed by atoms with Crippen LogP contribution in [0.25, 0.3) is 0 Å². The number of hydrogen-bond donors (Lipinski definition) is 0. The molecule has 2 rings (SSSR count). The van der Waals surface area contributed by atoms with E-state index < -0.39 is 23.5 Å². The van der Waals surface area contributed by atoms with Crippen LogP contribution in [0.4, 0.5) is 13.2 Å². The molecule has 1 aromatic heterocycles. The molecule has 0 atom stereocenters. The van der Waals surface area contributed by atoms with Gasteiger partial charge in [0.05, 0.1) is 0 Å². The third kappa shape index (κ3) is 2.54. The fourth-order valence-corrected chi connectivity index (χ4v) is 1.68. The smallest absolute Gasteiger partial charge is 0.258 e. The standard InChI is InChI=1S/C14H12F3NO/c1-7-4-5-8(2)12(9(7)3)19-14-11(16)6-10(15)13(17)18-14/h4-6H,1-3H3. The summed E-state index contributed by atoms with van der Waals surface area (Å²) in [5, 5.41) is 0. The van der Waals surface area contributed by atoms with Gasteiger partial charge in [-0.05, 0) is 37.5 Å². The van der Waals surface area contributed by atoms with Crippen molar-refractivity contribution in [3.8, 4) is 11.6 Å². The average molecular weight is 267 g/mol. The number of ether oxygens (including phenoxy) is 1. The molecule has 0 aliphatic carbocycles. The average Bonchev–Trinajstić information content (AvgIpc) is 2.36. The van der Waals surface area contributed by atoms with Crippen LogP contribution in [0.3, 0.4) is 0 Å². The number of aromatic nitrogens is 1. The Morgan fingerprint density at radius 3 is 2.26 bits per heavy atom. The number of benzene rings is 1. The highest BCUT2D eigenvalue weighted by Crippen LogP contribution is 2.31. The Bertz CT molecular complexity index is 641. The first-order valence-electron chi connectivity index (χ1n) is 5.66. The van der Waals surface area contributed by atoms with Gasteiger partial charge in [0.2, 0.25) is 0 Å². The topological polar surface area (TPSA) is 22.1 Å². The van der Waals surface area contributed by atoms with E-state index >= 15 is 0 Å². The zero-order valence-electron chi connectivity index (χ0n) is 10.7. The predicted octanol–water partition coefficient (Wildman–Crippen LogP) is 4.22. The molecule has 100 valence electrons. The summed E-state index contributed by atoms with van der Waals surface area (Å²) in [7, 11) is 0. The summed E-state index contributed by atoms with van der Waals surface area (Å²) in [4.78, 5) is 3.14. The molecule has 0 N–H and O–H groups in total. The van der Waals surface area contributed by atoms with E-state index in [0.717, 1.165) is 16.7 Å². The minimum atomic E-state index is -1.39. The molecular weight excluding hydrogens is 255 g/mol. The van der Waals surface area contributed by atoms with Crippen LogP contribution in [0, 0.1) is 38.4 Å². The second-order valence-corrected chi connectivity index (χ2v) is 4.30. The van der Waals surface area contributed by atoms with Crippen molar-refractivity contribution < 1.29 is 17.9 Å². The Hall–Kier alpha value is -2.04. The van der Waals surface area contributed by atoms with Crippen LogP contribution in [0.15, 0.2) is 18.2 Å². The van der Waals surface area contributed by atoms with Gasteiger partial charge in [0.1, 0.15) is 5.75 Å². The highest BCUT2D eigenvalue weighted by molar-refractivity contribution is 5.46. The molecule has 19 heavy (non-hydrogen) atoms. The van der Waals surface area contributed by atoms with Crippen molar-refractivity contribution in [1.82, 2.24) is 4.98 Å². The number of pyridine rings is 1. The third-order valence-electron chi connectivity index (χ3n) is 2.93. The molecule has 0 aliphatic heterocycles. The maximum atomic E-state index is 13.5. The Morgan fingerprint density at radius 1 is 0.947 bits per heavy atom. The first-order valence-corrected chi connectivity index (χ1v) is 5.66. The van der Waals surface area contributed by atoms with Crippen LogP contribution in [0.5, 0.6) is 11.6 Å². The highest BCUT2D eigenvalue weighted by atomic mass is 19.2. The molecule has 0 saturated carbocycles. The lowest BCUT2D eigenvalue weighted by atomic mass is 10.1. The van der Waals surface area contributed by atoms with Crippen molar-refractivity contribution in [2.75, 3.05) is 0 Å². The number of halogens is 3. The number of nitrogens with zero attached hydrogens (tertiary/aromatic N) is 1. The monoisotopic (exact) mass is 267 g/mol. The Morgan fingerprint density at radius 2 is 1.58 bits per heavy atom. The normalized spacial score (nSPS) is 10.6. The van der Waals surface area contributed by atoms with Gasteiger partial charge in [-0.1, -0.05) is 12.1 Å². The molecule has 0 spiro atoms. The van der Waals surface area contributed by atoms with Crippen LogP contribution < -0.4 is 4.74 Å². The quantitative estimate of drug-likeness (QED) is 0.760. The van der Waals surface area contributed by atoms with Crippen molar-refractivity contribution in [1.29, 1.82) is 0 Å². The minimum absolute atomic E-state index is 0.400. The summed E-state index contributed by atoms with van der Waals surface area (Å²) >= 11 is 0. The summed E-state index contributed by atoms with van der Waals surface area (Å²) in [6.07, 6.45) is 0. The zero-order chi connectivity index (χ0) is 14.2. The summed E-state index contributed by atoms with van der Waals surface area (Å²) in [6, 6.07) is 4.11. The number of hydrogen-bond acceptors (Lipinski definition) is 2. The van der Waals surface area contributed by atoms with Gasteiger partial charge in [0.15, 0.2) is 11.6 Å². The molecule has 5 heteroatoms. The van der Waals surface area contributed by atoms with Crippen LogP contribution in [0.1, 0.15) is 16.7 Å². The van der Waals surface area contributed by atoms with E-state index in [1.54, 1.807) is 19.9 Å². The van der Waals surface area contributed by atoms with Crippen molar-refractivity contribution in [2.45, 2.75) is 20.8 Å². The van der Waals surface area contributed by atoms with Gasteiger partial charge in [0, 0.05) is 6.07 Å². The van der Waals surface area contributed by atoms with Crippen LogP contribution in [0.2, 0.25) is 0 Å². The Balaban J connectivity index is 2.48. The molecular formula is C14H12F3NO. The fraction of sp³-hybridized carbons (Fsp3) is 0.214. The van der Waals surface area contributed by atoms with Crippen LogP contribution >= 0.6 is 0 Å². The molecule has 0 fully saturated rings. The molecule has 1 heterocycles. The zero-order valence-corrected chi connectivity index (χ0v) is 10.7. The minimum Gasteiger partial charge on any atom is -0.436 e. The lowest BCUT2D eigenvalue weighted by Gasteiger charge is -2.13. The van der Waals surface area contributed by atoms with Crippen LogP contribution in [-0.4, -0.2) is 4.98 Å². The fourth-order valence-electron chi connectivity index (χ4n) is 1.68. The second-order valence-electron chi connectivity index (χ2n) is 4.30. The van der Waals surface area contributed by atoms with E-state index in [1.165, 1.54) is 0 Å². The van der Waals surface area contributed by atoms with Gasteiger partial charge in [0.25, 0.3) is 11.8 Å². The largest absolute Gasteiger partial charge is 0.436 e. The first kappa shape index (κ1) is 13.4.